The largest absolute Gasteiger partial charge is 0.497 e. The van der Waals surface area contributed by atoms with E-state index in [-0.39, 0.29) is 11.8 Å². The normalized spacial score (nSPS) is 18.5. The number of nitrogens with zero attached hydrogens (tertiary/aromatic N) is 1. The van der Waals surface area contributed by atoms with Crippen LogP contribution in [-0.2, 0) is 4.79 Å². The summed E-state index contributed by atoms with van der Waals surface area (Å²) in [5.74, 6) is 1.98. The number of aromatic nitrogens is 2. The van der Waals surface area contributed by atoms with Crippen molar-refractivity contribution >= 4 is 11.7 Å². The zero-order chi connectivity index (χ0) is 19.1. The van der Waals surface area contributed by atoms with Crippen molar-refractivity contribution < 1.29 is 9.53 Å². The van der Waals surface area contributed by atoms with Gasteiger partial charge in [0, 0.05) is 12.0 Å². The van der Waals surface area contributed by atoms with Gasteiger partial charge in [-0.05, 0) is 74.5 Å². The Kier molecular flexibility index (Phi) is 6.87. The lowest BCUT2D eigenvalue weighted by atomic mass is 9.83. The molecule has 1 fully saturated rings. The summed E-state index contributed by atoms with van der Waals surface area (Å²) in [5.41, 5.74) is 1.88. The molecule has 146 valence electrons. The molecule has 2 aromatic rings. The fraction of sp³-hybridized carbons (Fsp3) is 0.524. The van der Waals surface area contributed by atoms with Crippen LogP contribution in [0.2, 0.25) is 0 Å². The third-order valence-corrected chi connectivity index (χ3v) is 5.36. The summed E-state index contributed by atoms with van der Waals surface area (Å²) in [6.07, 6.45) is 5.26. The van der Waals surface area contributed by atoms with Crippen LogP contribution in [0.5, 0.6) is 5.75 Å². The van der Waals surface area contributed by atoms with Crippen molar-refractivity contribution in [2.45, 2.75) is 39.0 Å². The van der Waals surface area contributed by atoms with Crippen molar-refractivity contribution in [3.63, 3.8) is 0 Å². The maximum absolute atomic E-state index is 12.9. The van der Waals surface area contributed by atoms with Crippen LogP contribution >= 0.6 is 0 Å². The highest BCUT2D eigenvalue weighted by atomic mass is 16.5. The minimum Gasteiger partial charge on any atom is -0.497 e. The van der Waals surface area contributed by atoms with E-state index in [9.17, 15) is 4.79 Å². The zero-order valence-electron chi connectivity index (χ0n) is 16.3. The predicted molar refractivity (Wildman–Crippen MR) is 108 cm³/mol. The Bertz CT molecular complexity index is 718. The average Bonchev–Trinajstić information content (AvgIpc) is 2.99. The number of H-pyrrole nitrogens is 1. The maximum Gasteiger partial charge on any atom is 0.228 e. The van der Waals surface area contributed by atoms with Crippen LogP contribution < -0.4 is 15.4 Å². The Hall–Kier alpha value is -2.34. The molecule has 6 heteroatoms. The number of benzene rings is 1. The Morgan fingerprint density at radius 3 is 2.85 bits per heavy atom. The summed E-state index contributed by atoms with van der Waals surface area (Å²) >= 11 is 0. The summed E-state index contributed by atoms with van der Waals surface area (Å²) in [6, 6.07) is 9.64. The highest BCUT2D eigenvalue weighted by molar-refractivity contribution is 5.92. The summed E-state index contributed by atoms with van der Waals surface area (Å²) in [6.45, 7) is 4.20. The number of anilines is 1. The summed E-state index contributed by atoms with van der Waals surface area (Å²) < 4.78 is 5.19. The molecule has 0 aliphatic carbocycles. The van der Waals surface area contributed by atoms with Gasteiger partial charge in [-0.15, -0.1) is 0 Å². The van der Waals surface area contributed by atoms with Gasteiger partial charge in [-0.2, -0.15) is 5.10 Å². The van der Waals surface area contributed by atoms with Crippen LogP contribution in [0.1, 0.15) is 39.0 Å². The fourth-order valence-electron chi connectivity index (χ4n) is 3.86. The molecule has 0 bridgehead atoms. The molecule has 3 N–H and O–H groups in total. The number of hydrogen-bond donors (Lipinski definition) is 3. The van der Waals surface area contributed by atoms with E-state index in [0.717, 1.165) is 62.2 Å². The van der Waals surface area contributed by atoms with Gasteiger partial charge >= 0.3 is 0 Å². The van der Waals surface area contributed by atoms with Crippen molar-refractivity contribution in [2.24, 2.45) is 11.8 Å². The van der Waals surface area contributed by atoms with Gasteiger partial charge in [-0.3, -0.25) is 9.89 Å². The number of ether oxygens (including phenoxy) is 1. The number of carbonyl (C=O) groups excluding carboxylic acids is 1. The SMILES string of the molecule is CCCC(C(=O)Nc1cc(-c2ccc(OC)cc2)[nH]n1)C1CCCNCC1. The number of amides is 1. The second kappa shape index (κ2) is 9.55. The number of hydrogen-bond acceptors (Lipinski definition) is 4. The highest BCUT2D eigenvalue weighted by Gasteiger charge is 2.28. The summed E-state index contributed by atoms with van der Waals surface area (Å²) in [4.78, 5) is 12.9. The molecule has 27 heavy (non-hydrogen) atoms. The molecule has 1 aliphatic rings. The third kappa shape index (κ3) is 5.10. The first-order chi connectivity index (χ1) is 13.2. The number of nitrogens with one attached hydrogen (secondary N) is 3. The molecular weight excluding hydrogens is 340 g/mol. The fourth-order valence-corrected chi connectivity index (χ4v) is 3.86. The molecule has 0 spiro atoms. The van der Waals surface area contributed by atoms with Gasteiger partial charge in [-0.1, -0.05) is 13.3 Å². The van der Waals surface area contributed by atoms with Crippen LogP contribution in [0.25, 0.3) is 11.3 Å². The lowest BCUT2D eigenvalue weighted by molar-refractivity contribution is -0.122. The third-order valence-electron chi connectivity index (χ3n) is 5.36. The van der Waals surface area contributed by atoms with E-state index >= 15 is 0 Å². The van der Waals surface area contributed by atoms with Crippen LogP contribution in [0.3, 0.4) is 0 Å². The molecule has 0 radical (unpaired) electrons. The number of methoxy groups -OCH3 is 1. The molecule has 2 unspecified atom stereocenters. The van der Waals surface area contributed by atoms with E-state index in [0.29, 0.717) is 11.7 Å². The Labute approximate surface area is 161 Å². The Balaban J connectivity index is 1.67. The van der Waals surface area contributed by atoms with Crippen molar-refractivity contribution in [2.75, 3.05) is 25.5 Å². The van der Waals surface area contributed by atoms with Crippen LogP contribution in [0.4, 0.5) is 5.82 Å². The monoisotopic (exact) mass is 370 g/mol. The molecule has 1 aliphatic heterocycles. The number of rotatable bonds is 7. The standard InChI is InChI=1S/C21H30N4O2/c1-3-5-18(15-6-4-12-22-13-11-15)21(26)23-20-14-19(24-25-20)16-7-9-17(27-2)10-8-16/h7-10,14-15,18,22H,3-6,11-13H2,1-2H3,(H2,23,24,25,26). The molecule has 2 heterocycles. The quantitative estimate of drug-likeness (QED) is 0.692. The molecule has 1 saturated heterocycles. The van der Waals surface area contributed by atoms with E-state index in [2.05, 4.69) is 27.8 Å². The second-order valence-electron chi connectivity index (χ2n) is 7.22. The molecule has 6 nitrogen and oxygen atoms in total. The van der Waals surface area contributed by atoms with Crippen molar-refractivity contribution in [3.05, 3.63) is 30.3 Å². The Morgan fingerprint density at radius 2 is 2.11 bits per heavy atom. The Morgan fingerprint density at radius 1 is 1.30 bits per heavy atom. The molecule has 1 aromatic carbocycles. The minimum absolute atomic E-state index is 0.0519. The van der Waals surface area contributed by atoms with E-state index in [1.807, 2.05) is 30.3 Å². The first-order valence-corrected chi connectivity index (χ1v) is 9.92. The average molecular weight is 370 g/mol. The topological polar surface area (TPSA) is 79.0 Å². The van der Waals surface area contributed by atoms with E-state index < -0.39 is 0 Å². The maximum atomic E-state index is 12.9. The molecular formula is C21H30N4O2. The van der Waals surface area contributed by atoms with Gasteiger partial charge in [0.2, 0.25) is 5.91 Å². The van der Waals surface area contributed by atoms with Crippen LogP contribution in [0, 0.1) is 11.8 Å². The van der Waals surface area contributed by atoms with E-state index in [1.165, 1.54) is 0 Å². The van der Waals surface area contributed by atoms with Gasteiger partial charge in [0.1, 0.15) is 5.75 Å². The van der Waals surface area contributed by atoms with E-state index in [1.54, 1.807) is 7.11 Å². The van der Waals surface area contributed by atoms with Crippen molar-refractivity contribution in [1.82, 2.24) is 15.5 Å². The van der Waals surface area contributed by atoms with Gasteiger partial charge < -0.3 is 15.4 Å². The summed E-state index contributed by atoms with van der Waals surface area (Å²) in [5, 5.41) is 13.8. The second-order valence-corrected chi connectivity index (χ2v) is 7.22. The molecule has 0 saturated carbocycles. The summed E-state index contributed by atoms with van der Waals surface area (Å²) in [7, 11) is 1.65. The zero-order valence-corrected chi connectivity index (χ0v) is 16.3. The first-order valence-electron chi connectivity index (χ1n) is 9.92. The van der Waals surface area contributed by atoms with Crippen LogP contribution in [0.15, 0.2) is 30.3 Å². The van der Waals surface area contributed by atoms with Gasteiger partial charge in [0.15, 0.2) is 5.82 Å². The number of carbonyl (C=O) groups is 1. The minimum atomic E-state index is 0.0519. The number of aromatic amines is 1. The van der Waals surface area contributed by atoms with Gasteiger partial charge in [0.05, 0.1) is 12.8 Å². The highest BCUT2D eigenvalue weighted by Crippen LogP contribution is 2.29. The molecule has 1 amide bonds. The lowest BCUT2D eigenvalue weighted by Crippen LogP contribution is -2.30. The lowest BCUT2D eigenvalue weighted by Gasteiger charge is -2.24. The van der Waals surface area contributed by atoms with Crippen molar-refractivity contribution in [1.29, 1.82) is 0 Å². The first kappa shape index (κ1) is 19.4. The van der Waals surface area contributed by atoms with Crippen LogP contribution in [-0.4, -0.2) is 36.3 Å². The van der Waals surface area contributed by atoms with E-state index in [4.69, 9.17) is 4.74 Å². The van der Waals surface area contributed by atoms with Gasteiger partial charge in [0.25, 0.3) is 0 Å². The molecule has 2 atom stereocenters. The van der Waals surface area contributed by atoms with Gasteiger partial charge in [-0.25, -0.2) is 0 Å². The predicted octanol–water partition coefficient (Wildman–Crippen LogP) is 3.83. The molecule has 1 aromatic heterocycles. The smallest absolute Gasteiger partial charge is 0.228 e. The molecule has 3 rings (SSSR count). The van der Waals surface area contributed by atoms with Crippen molar-refractivity contribution in [3.8, 4) is 17.0 Å².